The standard InChI is InChI=1S/C23H21N5O6S/c1-3-6-14-19-18(13(11-24)21(25)34-22(19)27-26-14)12-9-15(28(30)31)20(16(10-12)32-4-2)33-23(29)17-7-5-8-35-17/h5,7-10,18H,3-4,6,25H2,1-2H3,(H,26,27)/t18-/m0/s1. The fraction of sp³-hybridized carbons (Fsp3) is 0.261. The zero-order valence-electron chi connectivity index (χ0n) is 18.9. The van der Waals surface area contributed by atoms with Gasteiger partial charge in [0.2, 0.25) is 17.5 Å². The number of nitrogens with zero attached hydrogens (tertiary/aromatic N) is 3. The molecule has 0 fully saturated rings. The number of carbonyl (C=O) groups excluding carboxylic acids is 1. The van der Waals surface area contributed by atoms with E-state index in [1.807, 2.05) is 6.92 Å². The molecule has 0 saturated heterocycles. The van der Waals surface area contributed by atoms with Gasteiger partial charge >= 0.3 is 11.7 Å². The van der Waals surface area contributed by atoms with Crippen molar-refractivity contribution in [2.24, 2.45) is 5.73 Å². The van der Waals surface area contributed by atoms with Crippen molar-refractivity contribution < 1.29 is 23.9 Å². The van der Waals surface area contributed by atoms with E-state index >= 15 is 0 Å². The summed E-state index contributed by atoms with van der Waals surface area (Å²) in [6.45, 7) is 3.83. The summed E-state index contributed by atoms with van der Waals surface area (Å²) in [7, 11) is 0. The number of aromatic nitrogens is 2. The molecule has 0 spiro atoms. The second kappa shape index (κ2) is 9.86. The smallest absolute Gasteiger partial charge is 0.354 e. The minimum atomic E-state index is -0.802. The number of aromatic amines is 1. The number of H-pyrrole nitrogens is 1. The number of fused-ring (bicyclic) bond motifs is 1. The molecule has 2 aromatic heterocycles. The molecule has 11 nitrogen and oxygen atoms in total. The lowest BCUT2D eigenvalue weighted by molar-refractivity contribution is -0.385. The van der Waals surface area contributed by atoms with Crippen molar-refractivity contribution in [1.82, 2.24) is 10.2 Å². The summed E-state index contributed by atoms with van der Waals surface area (Å²) in [6, 6.07) is 8.06. The van der Waals surface area contributed by atoms with Crippen LogP contribution in [0.2, 0.25) is 0 Å². The number of nitro benzene ring substituents is 1. The second-order valence-corrected chi connectivity index (χ2v) is 8.47. The van der Waals surface area contributed by atoms with Gasteiger partial charge in [0.1, 0.15) is 16.5 Å². The summed E-state index contributed by atoms with van der Waals surface area (Å²) >= 11 is 1.15. The second-order valence-electron chi connectivity index (χ2n) is 7.52. The number of hydrogen-bond acceptors (Lipinski definition) is 10. The third-order valence-electron chi connectivity index (χ3n) is 5.32. The Balaban J connectivity index is 1.91. The number of nitrogens with two attached hydrogens (primary N) is 1. The fourth-order valence-electron chi connectivity index (χ4n) is 3.90. The molecule has 12 heteroatoms. The van der Waals surface area contributed by atoms with E-state index in [1.54, 1.807) is 24.4 Å². The minimum absolute atomic E-state index is 0.00829. The highest BCUT2D eigenvalue weighted by molar-refractivity contribution is 7.12. The van der Waals surface area contributed by atoms with E-state index < -0.39 is 22.5 Å². The molecular formula is C23H21N5O6S. The Morgan fingerprint density at radius 1 is 1.43 bits per heavy atom. The Labute approximate surface area is 203 Å². The van der Waals surface area contributed by atoms with Gasteiger partial charge in [-0.3, -0.25) is 15.2 Å². The van der Waals surface area contributed by atoms with Crippen molar-refractivity contribution >= 4 is 23.0 Å². The van der Waals surface area contributed by atoms with Crippen LogP contribution in [0.3, 0.4) is 0 Å². The molecule has 0 bridgehead atoms. The van der Waals surface area contributed by atoms with Gasteiger partial charge in [0.05, 0.1) is 17.4 Å². The normalized spacial score (nSPS) is 14.6. The van der Waals surface area contributed by atoms with Crippen LogP contribution in [0.4, 0.5) is 5.69 Å². The van der Waals surface area contributed by atoms with E-state index in [-0.39, 0.29) is 40.3 Å². The van der Waals surface area contributed by atoms with Crippen molar-refractivity contribution in [2.75, 3.05) is 6.61 Å². The molecule has 3 N–H and O–H groups in total. The lowest BCUT2D eigenvalue weighted by atomic mass is 9.83. The van der Waals surface area contributed by atoms with Crippen LogP contribution in [0.15, 0.2) is 41.1 Å². The van der Waals surface area contributed by atoms with Gasteiger partial charge in [-0.2, -0.15) is 5.26 Å². The third-order valence-corrected chi connectivity index (χ3v) is 6.17. The van der Waals surface area contributed by atoms with Crippen molar-refractivity contribution in [3.8, 4) is 23.4 Å². The largest absolute Gasteiger partial charge is 0.490 e. The lowest BCUT2D eigenvalue weighted by Crippen LogP contribution is -2.21. The summed E-state index contributed by atoms with van der Waals surface area (Å²) in [4.78, 5) is 24.3. The predicted molar refractivity (Wildman–Crippen MR) is 125 cm³/mol. The van der Waals surface area contributed by atoms with Crippen LogP contribution in [-0.2, 0) is 6.42 Å². The van der Waals surface area contributed by atoms with Gasteiger partial charge in [0.25, 0.3) is 0 Å². The summed E-state index contributed by atoms with van der Waals surface area (Å²) in [5.41, 5.74) is 7.24. The van der Waals surface area contributed by atoms with E-state index in [0.717, 1.165) is 23.5 Å². The highest BCUT2D eigenvalue weighted by Crippen LogP contribution is 2.48. The van der Waals surface area contributed by atoms with Crippen LogP contribution in [0.1, 0.15) is 52.7 Å². The number of carbonyl (C=O) groups is 1. The monoisotopic (exact) mass is 495 g/mol. The molecule has 0 radical (unpaired) electrons. The quantitative estimate of drug-likeness (QED) is 0.202. The number of esters is 1. The van der Waals surface area contributed by atoms with E-state index in [2.05, 4.69) is 16.3 Å². The first-order chi connectivity index (χ1) is 16.9. The molecule has 0 aliphatic carbocycles. The first-order valence-corrected chi connectivity index (χ1v) is 11.6. The number of nitrogens with one attached hydrogen (secondary N) is 1. The van der Waals surface area contributed by atoms with Crippen molar-refractivity contribution in [3.05, 3.63) is 72.9 Å². The molecule has 0 unspecified atom stereocenters. The molecule has 4 rings (SSSR count). The maximum Gasteiger partial charge on any atom is 0.354 e. The average Bonchev–Trinajstić information content (AvgIpc) is 3.50. The average molecular weight is 496 g/mol. The summed E-state index contributed by atoms with van der Waals surface area (Å²) < 4.78 is 16.6. The summed E-state index contributed by atoms with van der Waals surface area (Å²) in [5, 5.41) is 30.7. The molecular weight excluding hydrogens is 474 g/mol. The molecule has 3 aromatic rings. The molecule has 1 atom stereocenters. The van der Waals surface area contributed by atoms with Crippen LogP contribution in [-0.4, -0.2) is 27.7 Å². The third kappa shape index (κ3) is 4.41. The number of hydrogen-bond donors (Lipinski definition) is 2. The topological polar surface area (TPSA) is 166 Å². The molecule has 180 valence electrons. The SMILES string of the molecule is CCCc1[nH]nc2c1[C@@H](c1cc(OCC)c(OC(=O)c3cccs3)c([N+](=O)[O-])c1)C(C#N)=C(N)O2. The Bertz CT molecular complexity index is 1360. The number of allylic oxidation sites excluding steroid dienone is 1. The van der Waals surface area contributed by atoms with Gasteiger partial charge in [-0.15, -0.1) is 16.4 Å². The molecule has 0 amide bonds. The molecule has 35 heavy (non-hydrogen) atoms. The number of thiophene rings is 1. The maximum absolute atomic E-state index is 12.6. The van der Waals surface area contributed by atoms with Gasteiger partial charge in [-0.05, 0) is 36.4 Å². The summed E-state index contributed by atoms with van der Waals surface area (Å²) in [5.74, 6) is -1.82. The predicted octanol–water partition coefficient (Wildman–Crippen LogP) is 4.17. The lowest BCUT2D eigenvalue weighted by Gasteiger charge is -2.24. The van der Waals surface area contributed by atoms with Crippen molar-refractivity contribution in [3.63, 3.8) is 0 Å². The van der Waals surface area contributed by atoms with Gasteiger partial charge in [0, 0.05) is 17.3 Å². The number of rotatable bonds is 8. The number of aryl methyl sites for hydroxylation is 1. The van der Waals surface area contributed by atoms with Crippen LogP contribution in [0.5, 0.6) is 17.4 Å². The Morgan fingerprint density at radius 2 is 2.23 bits per heavy atom. The summed E-state index contributed by atoms with van der Waals surface area (Å²) in [6.07, 6.45) is 1.39. The van der Waals surface area contributed by atoms with Gasteiger partial charge in [0.15, 0.2) is 5.75 Å². The van der Waals surface area contributed by atoms with E-state index in [1.165, 1.54) is 12.1 Å². The number of nitro groups is 1. The van der Waals surface area contributed by atoms with Gasteiger partial charge < -0.3 is 19.9 Å². The van der Waals surface area contributed by atoms with Crippen LogP contribution in [0, 0.1) is 21.4 Å². The van der Waals surface area contributed by atoms with E-state index in [0.29, 0.717) is 17.5 Å². The van der Waals surface area contributed by atoms with E-state index in [4.69, 9.17) is 19.9 Å². The minimum Gasteiger partial charge on any atom is -0.490 e. The number of nitriles is 1. The Kier molecular flexibility index (Phi) is 6.70. The first-order valence-electron chi connectivity index (χ1n) is 10.7. The molecule has 0 saturated carbocycles. The maximum atomic E-state index is 12.6. The Hall–Kier alpha value is -4.37. The van der Waals surface area contributed by atoms with Crippen LogP contribution >= 0.6 is 11.3 Å². The molecule has 1 aromatic carbocycles. The highest BCUT2D eigenvalue weighted by atomic mass is 32.1. The zero-order valence-corrected chi connectivity index (χ0v) is 19.7. The van der Waals surface area contributed by atoms with Crippen molar-refractivity contribution in [2.45, 2.75) is 32.6 Å². The molecule has 1 aliphatic rings. The van der Waals surface area contributed by atoms with Crippen molar-refractivity contribution in [1.29, 1.82) is 5.26 Å². The fourth-order valence-corrected chi connectivity index (χ4v) is 4.49. The van der Waals surface area contributed by atoms with Crippen LogP contribution in [0.25, 0.3) is 0 Å². The zero-order chi connectivity index (χ0) is 25.1. The van der Waals surface area contributed by atoms with E-state index in [9.17, 15) is 20.2 Å². The molecule has 1 aliphatic heterocycles. The molecule has 3 heterocycles. The van der Waals surface area contributed by atoms with Gasteiger partial charge in [-0.1, -0.05) is 19.4 Å². The highest BCUT2D eigenvalue weighted by Gasteiger charge is 2.37. The van der Waals surface area contributed by atoms with Crippen LogP contribution < -0.4 is 19.9 Å². The number of benzene rings is 1. The Morgan fingerprint density at radius 3 is 2.86 bits per heavy atom. The first kappa shape index (κ1) is 23.8. The van der Waals surface area contributed by atoms with Gasteiger partial charge in [-0.25, -0.2) is 4.79 Å². The number of ether oxygens (including phenoxy) is 3.